The van der Waals surface area contributed by atoms with E-state index in [9.17, 15) is 0 Å². The molecule has 0 unspecified atom stereocenters. The first-order chi connectivity index (χ1) is 16.2. The van der Waals surface area contributed by atoms with Crippen LogP contribution in [0.5, 0.6) is 0 Å². The van der Waals surface area contributed by atoms with Gasteiger partial charge >= 0.3 is 0 Å². The lowest BCUT2D eigenvalue weighted by atomic mass is 10.1. The molecule has 0 fully saturated rings. The van der Waals surface area contributed by atoms with Crippen molar-refractivity contribution in [2.75, 3.05) is 0 Å². The maximum atomic E-state index is 4.86. The molecule has 5 nitrogen and oxygen atoms in total. The van der Waals surface area contributed by atoms with Crippen LogP contribution < -0.4 is 0 Å². The zero-order chi connectivity index (χ0) is 23.3. The van der Waals surface area contributed by atoms with Gasteiger partial charge in [-0.1, -0.05) is 78.1 Å². The van der Waals surface area contributed by atoms with Crippen molar-refractivity contribution in [3.05, 3.63) is 51.6 Å². The lowest BCUT2D eigenvalue weighted by molar-refractivity contribution is 0.607. The average molecular weight is 562 g/mol. The quantitative estimate of drug-likeness (QED) is 0.132. The maximum Gasteiger partial charge on any atom is 0.156 e. The van der Waals surface area contributed by atoms with Crippen LogP contribution in [0.1, 0.15) is 102 Å². The van der Waals surface area contributed by atoms with E-state index in [-0.39, 0.29) is 0 Å². The molecule has 0 saturated heterocycles. The number of unbranched alkanes of at least 4 members (excludes halogenated alkanes) is 10. The highest BCUT2D eigenvalue weighted by Crippen LogP contribution is 2.18. The van der Waals surface area contributed by atoms with Gasteiger partial charge in [-0.3, -0.25) is 0 Å². The maximum absolute atomic E-state index is 4.86. The predicted octanol–water partition coefficient (Wildman–Crippen LogP) is 7.86. The third-order valence-electron chi connectivity index (χ3n) is 6.14. The lowest BCUT2D eigenvalue weighted by Crippen LogP contribution is -2.05. The highest BCUT2D eigenvalue weighted by molar-refractivity contribution is 14.1. The zero-order valence-corrected chi connectivity index (χ0v) is 22.6. The molecular formula is C27H40IN5. The van der Waals surface area contributed by atoms with Crippen molar-refractivity contribution < 1.29 is 0 Å². The van der Waals surface area contributed by atoms with Crippen molar-refractivity contribution in [2.24, 2.45) is 0 Å². The summed E-state index contributed by atoms with van der Waals surface area (Å²) in [6.07, 6.45) is 26.2. The van der Waals surface area contributed by atoms with Crippen molar-refractivity contribution in [1.29, 1.82) is 0 Å². The molecule has 0 aliphatic rings. The summed E-state index contributed by atoms with van der Waals surface area (Å²) in [5.41, 5.74) is 2.57. The van der Waals surface area contributed by atoms with E-state index in [1.165, 1.54) is 88.2 Å². The Bertz CT molecular complexity index is 873. The lowest BCUT2D eigenvalue weighted by Gasteiger charge is -2.06. The van der Waals surface area contributed by atoms with E-state index in [2.05, 4.69) is 71.2 Å². The third-order valence-corrected chi connectivity index (χ3v) is 6.77. The molecule has 0 aromatic carbocycles. The highest BCUT2D eigenvalue weighted by Gasteiger charge is 2.09. The Morgan fingerprint density at radius 1 is 0.636 bits per heavy atom. The van der Waals surface area contributed by atoms with Gasteiger partial charge in [-0.05, 0) is 71.5 Å². The van der Waals surface area contributed by atoms with Crippen molar-refractivity contribution in [3.63, 3.8) is 0 Å². The van der Waals surface area contributed by atoms with Gasteiger partial charge in [0.1, 0.15) is 0 Å². The molecule has 0 aliphatic carbocycles. The summed E-state index contributed by atoms with van der Waals surface area (Å²) >= 11 is 2.35. The van der Waals surface area contributed by atoms with Crippen LogP contribution in [0, 0.1) is 3.57 Å². The molecular weight excluding hydrogens is 521 g/mol. The fourth-order valence-corrected chi connectivity index (χ4v) is 4.71. The number of hydrogen-bond donors (Lipinski definition) is 0. The van der Waals surface area contributed by atoms with Crippen LogP contribution in [0.3, 0.4) is 0 Å². The monoisotopic (exact) mass is 561 g/mol. The molecule has 0 aliphatic heterocycles. The topological polar surface area (TPSA) is 48.5 Å². The minimum atomic E-state index is 0.846. The summed E-state index contributed by atoms with van der Waals surface area (Å²) in [7, 11) is 0. The van der Waals surface area contributed by atoms with Crippen LogP contribution in [0.2, 0.25) is 0 Å². The van der Waals surface area contributed by atoms with Gasteiger partial charge in [-0.15, -0.1) is 0 Å². The van der Waals surface area contributed by atoms with Crippen molar-refractivity contribution in [2.45, 2.75) is 104 Å². The first-order valence-corrected chi connectivity index (χ1v) is 14.0. The first-order valence-electron chi connectivity index (χ1n) is 12.9. The Morgan fingerprint density at radius 3 is 1.52 bits per heavy atom. The van der Waals surface area contributed by atoms with Crippen molar-refractivity contribution in [3.8, 4) is 11.6 Å². The van der Waals surface area contributed by atoms with Gasteiger partial charge in [-0.25, -0.2) is 14.3 Å². The zero-order valence-electron chi connectivity index (χ0n) is 20.5. The van der Waals surface area contributed by atoms with Gasteiger partial charge in [0.05, 0.1) is 12.4 Å². The summed E-state index contributed by atoms with van der Waals surface area (Å²) in [4.78, 5) is 4.86. The minimum absolute atomic E-state index is 0.846. The normalized spacial score (nSPS) is 11.4. The molecule has 0 radical (unpaired) electrons. The van der Waals surface area contributed by atoms with Gasteiger partial charge in [0.25, 0.3) is 0 Å². The Kier molecular flexibility index (Phi) is 11.4. The number of pyridine rings is 1. The summed E-state index contributed by atoms with van der Waals surface area (Å²) < 4.78 is 4.94. The second-order valence-electron chi connectivity index (χ2n) is 9.12. The fraction of sp³-hybridized carbons (Fsp3) is 0.593. The summed E-state index contributed by atoms with van der Waals surface area (Å²) in [6, 6.07) is 4.15. The Hall–Kier alpha value is -1.70. The smallest absolute Gasteiger partial charge is 0.156 e. The molecule has 180 valence electrons. The average Bonchev–Trinajstić information content (AvgIpc) is 3.48. The van der Waals surface area contributed by atoms with E-state index in [0.717, 1.165) is 28.0 Å². The second-order valence-corrected chi connectivity index (χ2v) is 10.4. The van der Waals surface area contributed by atoms with Crippen molar-refractivity contribution >= 4 is 22.6 Å². The number of aromatic nitrogens is 5. The standard InChI is InChI=1S/C27H40IN5/c1-3-5-7-9-11-13-15-23-19-29-32(21-23)26-17-25(28)18-27(31-26)33-22-24(20-30-33)16-14-12-10-8-6-4-2/h17-22H,3-16H2,1-2H3. The van der Waals surface area contributed by atoms with Crippen molar-refractivity contribution in [1.82, 2.24) is 24.5 Å². The molecule has 3 rings (SSSR count). The number of nitrogens with zero attached hydrogens (tertiary/aromatic N) is 5. The fourth-order valence-electron chi connectivity index (χ4n) is 4.15. The molecule has 6 heteroatoms. The summed E-state index contributed by atoms with van der Waals surface area (Å²) in [6.45, 7) is 4.53. The van der Waals surface area contributed by atoms with Gasteiger partial charge in [0.15, 0.2) is 11.6 Å². The van der Waals surface area contributed by atoms with Gasteiger partial charge in [-0.2, -0.15) is 10.2 Å². The Balaban J connectivity index is 1.56. The molecule has 0 saturated carbocycles. The third kappa shape index (κ3) is 8.87. The van der Waals surface area contributed by atoms with Crippen LogP contribution in [0.4, 0.5) is 0 Å². The number of halogens is 1. The largest absolute Gasteiger partial charge is 0.222 e. The van der Waals surface area contributed by atoms with Crippen LogP contribution in [-0.2, 0) is 12.8 Å². The van der Waals surface area contributed by atoms with E-state index >= 15 is 0 Å². The van der Waals surface area contributed by atoms with Crippen LogP contribution in [-0.4, -0.2) is 24.5 Å². The van der Waals surface area contributed by atoms with E-state index in [0.29, 0.717) is 0 Å². The molecule has 33 heavy (non-hydrogen) atoms. The molecule has 3 aromatic heterocycles. The summed E-state index contributed by atoms with van der Waals surface area (Å²) in [5.74, 6) is 1.69. The van der Waals surface area contributed by atoms with E-state index in [4.69, 9.17) is 4.98 Å². The number of rotatable bonds is 16. The Labute approximate surface area is 213 Å². The molecule has 0 bridgehead atoms. The van der Waals surface area contributed by atoms with E-state index < -0.39 is 0 Å². The minimum Gasteiger partial charge on any atom is -0.222 e. The predicted molar refractivity (Wildman–Crippen MR) is 145 cm³/mol. The molecule has 0 N–H and O–H groups in total. The number of hydrogen-bond acceptors (Lipinski definition) is 3. The molecule has 0 amide bonds. The van der Waals surface area contributed by atoms with E-state index in [1.54, 1.807) is 0 Å². The molecule has 0 atom stereocenters. The summed E-state index contributed by atoms with van der Waals surface area (Å²) in [5, 5.41) is 9.18. The van der Waals surface area contributed by atoms with Crippen LogP contribution in [0.25, 0.3) is 11.6 Å². The molecule has 3 aromatic rings. The highest BCUT2D eigenvalue weighted by atomic mass is 127. The van der Waals surface area contributed by atoms with E-state index in [1.807, 2.05) is 21.8 Å². The van der Waals surface area contributed by atoms with Gasteiger partial charge in [0, 0.05) is 16.0 Å². The Morgan fingerprint density at radius 2 is 1.06 bits per heavy atom. The first kappa shape index (κ1) is 25.9. The number of aryl methyl sites for hydroxylation is 2. The van der Waals surface area contributed by atoms with Crippen LogP contribution >= 0.6 is 22.6 Å². The SMILES string of the molecule is CCCCCCCCc1cnn(-c2cc(I)cc(-n3cc(CCCCCCCC)cn3)n2)c1. The molecule has 0 spiro atoms. The van der Waals surface area contributed by atoms with Gasteiger partial charge in [0.2, 0.25) is 0 Å². The van der Waals surface area contributed by atoms with Gasteiger partial charge < -0.3 is 0 Å². The molecule has 3 heterocycles. The van der Waals surface area contributed by atoms with Crippen LogP contribution in [0.15, 0.2) is 36.9 Å². The second kappa shape index (κ2) is 14.5.